The molecule has 0 aromatic heterocycles. The van der Waals surface area contributed by atoms with Crippen molar-refractivity contribution in [2.75, 3.05) is 5.32 Å². The molecule has 0 heterocycles. The maximum atomic E-state index is 11.6. The summed E-state index contributed by atoms with van der Waals surface area (Å²) in [6, 6.07) is 7.60. The molecular formula is C15H19NO2. The zero-order chi connectivity index (χ0) is 13.0. The molecule has 1 atom stereocenters. The van der Waals surface area contributed by atoms with Gasteiger partial charge in [-0.2, -0.15) is 0 Å². The zero-order valence-electron chi connectivity index (χ0n) is 10.6. The number of aliphatic hydroxyl groups excluding tert-OH is 1. The molecule has 0 spiro atoms. The van der Waals surface area contributed by atoms with Gasteiger partial charge >= 0.3 is 0 Å². The normalized spacial score (nSPS) is 19.9. The van der Waals surface area contributed by atoms with Crippen molar-refractivity contribution in [3.05, 3.63) is 41.6 Å². The van der Waals surface area contributed by atoms with Gasteiger partial charge < -0.3 is 10.4 Å². The topological polar surface area (TPSA) is 49.3 Å². The van der Waals surface area contributed by atoms with Crippen LogP contribution in [0, 0.1) is 0 Å². The number of nitrogens with one attached hydrogen (secondary N) is 1. The Morgan fingerprint density at radius 1 is 1.33 bits per heavy atom. The molecule has 1 aromatic carbocycles. The SMILES string of the molecule is C[C@H](O)c1cccc(N/C=C2/CCCCC2=O)c1. The van der Waals surface area contributed by atoms with Gasteiger partial charge in [0.1, 0.15) is 0 Å². The number of carbonyl (C=O) groups excluding carboxylic acids is 1. The third kappa shape index (κ3) is 3.20. The number of benzene rings is 1. The average Bonchev–Trinajstić information content (AvgIpc) is 2.38. The molecule has 96 valence electrons. The summed E-state index contributed by atoms with van der Waals surface area (Å²) >= 11 is 0. The van der Waals surface area contributed by atoms with E-state index in [9.17, 15) is 9.90 Å². The molecule has 1 aliphatic rings. The van der Waals surface area contributed by atoms with E-state index >= 15 is 0 Å². The number of hydrogen-bond donors (Lipinski definition) is 2. The lowest BCUT2D eigenvalue weighted by Crippen LogP contribution is -2.09. The molecule has 0 aliphatic heterocycles. The van der Waals surface area contributed by atoms with Crippen LogP contribution in [0.1, 0.15) is 44.3 Å². The van der Waals surface area contributed by atoms with E-state index in [1.165, 1.54) is 0 Å². The van der Waals surface area contributed by atoms with Gasteiger partial charge in [-0.05, 0) is 43.9 Å². The summed E-state index contributed by atoms with van der Waals surface area (Å²) in [5.41, 5.74) is 2.65. The van der Waals surface area contributed by atoms with E-state index in [1.54, 1.807) is 6.92 Å². The summed E-state index contributed by atoms with van der Waals surface area (Å²) in [5, 5.41) is 12.7. The van der Waals surface area contributed by atoms with Gasteiger partial charge in [0.2, 0.25) is 0 Å². The Balaban J connectivity index is 2.07. The van der Waals surface area contributed by atoms with Gasteiger partial charge in [-0.3, -0.25) is 4.79 Å². The summed E-state index contributed by atoms with van der Waals surface area (Å²) in [4.78, 5) is 11.6. The molecule has 3 nitrogen and oxygen atoms in total. The lowest BCUT2D eigenvalue weighted by atomic mass is 9.94. The first-order valence-corrected chi connectivity index (χ1v) is 6.43. The van der Waals surface area contributed by atoms with Gasteiger partial charge in [0.25, 0.3) is 0 Å². The molecule has 0 bridgehead atoms. The molecule has 1 fully saturated rings. The highest BCUT2D eigenvalue weighted by Gasteiger charge is 2.14. The molecule has 0 amide bonds. The number of Topliss-reactive ketones (excluding diaryl/α,β-unsaturated/α-hetero) is 1. The van der Waals surface area contributed by atoms with Crippen LogP contribution in [0.25, 0.3) is 0 Å². The monoisotopic (exact) mass is 245 g/mol. The zero-order valence-corrected chi connectivity index (χ0v) is 10.6. The molecular weight excluding hydrogens is 226 g/mol. The Kier molecular flexibility index (Phi) is 4.15. The summed E-state index contributed by atoms with van der Waals surface area (Å²) in [6.07, 6.45) is 4.96. The second-order valence-corrected chi connectivity index (χ2v) is 4.75. The fraction of sp³-hybridized carbons (Fsp3) is 0.400. The van der Waals surface area contributed by atoms with E-state index < -0.39 is 6.10 Å². The minimum atomic E-state index is -0.476. The van der Waals surface area contributed by atoms with E-state index in [0.29, 0.717) is 6.42 Å². The Morgan fingerprint density at radius 2 is 2.11 bits per heavy atom. The number of rotatable bonds is 3. The molecule has 0 saturated heterocycles. The van der Waals surface area contributed by atoms with Crippen LogP contribution in [0.4, 0.5) is 5.69 Å². The van der Waals surface area contributed by atoms with Gasteiger partial charge in [0, 0.05) is 23.9 Å². The Morgan fingerprint density at radius 3 is 2.83 bits per heavy atom. The Labute approximate surface area is 108 Å². The minimum absolute atomic E-state index is 0.250. The van der Waals surface area contributed by atoms with Crippen molar-refractivity contribution in [1.82, 2.24) is 0 Å². The summed E-state index contributed by atoms with van der Waals surface area (Å²) < 4.78 is 0. The van der Waals surface area contributed by atoms with Crippen molar-refractivity contribution < 1.29 is 9.90 Å². The van der Waals surface area contributed by atoms with Crippen molar-refractivity contribution in [1.29, 1.82) is 0 Å². The van der Waals surface area contributed by atoms with Crippen LogP contribution >= 0.6 is 0 Å². The average molecular weight is 245 g/mol. The molecule has 1 saturated carbocycles. The molecule has 2 N–H and O–H groups in total. The van der Waals surface area contributed by atoms with Crippen LogP contribution in [0.5, 0.6) is 0 Å². The van der Waals surface area contributed by atoms with Crippen LogP contribution < -0.4 is 5.32 Å². The highest BCUT2D eigenvalue weighted by atomic mass is 16.3. The number of carbonyl (C=O) groups is 1. The first-order chi connectivity index (χ1) is 8.66. The number of ketones is 1. The van der Waals surface area contributed by atoms with Gasteiger partial charge in [-0.15, -0.1) is 0 Å². The molecule has 2 rings (SSSR count). The predicted octanol–water partition coefficient (Wildman–Crippen LogP) is 3.18. The van der Waals surface area contributed by atoms with Crippen LogP contribution in [0.15, 0.2) is 36.0 Å². The fourth-order valence-electron chi connectivity index (χ4n) is 2.11. The number of allylic oxidation sites excluding steroid dienone is 1. The highest BCUT2D eigenvalue weighted by molar-refractivity contribution is 5.96. The quantitative estimate of drug-likeness (QED) is 0.804. The lowest BCUT2D eigenvalue weighted by molar-refractivity contribution is -0.116. The van der Waals surface area contributed by atoms with E-state index in [0.717, 1.165) is 36.1 Å². The first-order valence-electron chi connectivity index (χ1n) is 6.43. The fourth-order valence-corrected chi connectivity index (χ4v) is 2.11. The first kappa shape index (κ1) is 12.8. The molecule has 0 radical (unpaired) electrons. The second-order valence-electron chi connectivity index (χ2n) is 4.75. The third-order valence-electron chi connectivity index (χ3n) is 3.24. The summed E-state index contributed by atoms with van der Waals surface area (Å²) in [6.45, 7) is 1.74. The Bertz CT molecular complexity index is 463. The van der Waals surface area contributed by atoms with Crippen LogP contribution in [-0.4, -0.2) is 10.9 Å². The number of anilines is 1. The van der Waals surface area contributed by atoms with Crippen LogP contribution in [0.3, 0.4) is 0 Å². The predicted molar refractivity (Wildman–Crippen MR) is 72.3 cm³/mol. The Hall–Kier alpha value is -1.61. The number of hydrogen-bond acceptors (Lipinski definition) is 3. The van der Waals surface area contributed by atoms with Crippen molar-refractivity contribution in [3.8, 4) is 0 Å². The largest absolute Gasteiger partial charge is 0.389 e. The van der Waals surface area contributed by atoms with Gasteiger partial charge in [0.05, 0.1) is 6.10 Å². The molecule has 1 aliphatic carbocycles. The minimum Gasteiger partial charge on any atom is -0.389 e. The maximum Gasteiger partial charge on any atom is 0.160 e. The van der Waals surface area contributed by atoms with E-state index in [2.05, 4.69) is 5.32 Å². The smallest absolute Gasteiger partial charge is 0.160 e. The van der Waals surface area contributed by atoms with Gasteiger partial charge in [0.15, 0.2) is 5.78 Å². The molecule has 3 heteroatoms. The molecule has 1 aromatic rings. The van der Waals surface area contributed by atoms with Crippen molar-refractivity contribution in [3.63, 3.8) is 0 Å². The van der Waals surface area contributed by atoms with Crippen molar-refractivity contribution in [2.45, 2.75) is 38.7 Å². The lowest BCUT2D eigenvalue weighted by Gasteiger charge is -2.13. The molecule has 18 heavy (non-hydrogen) atoms. The van der Waals surface area contributed by atoms with Crippen LogP contribution in [0.2, 0.25) is 0 Å². The van der Waals surface area contributed by atoms with E-state index in [4.69, 9.17) is 0 Å². The van der Waals surface area contributed by atoms with Crippen molar-refractivity contribution >= 4 is 11.5 Å². The highest BCUT2D eigenvalue weighted by Crippen LogP contribution is 2.21. The second kappa shape index (κ2) is 5.83. The maximum absolute atomic E-state index is 11.6. The van der Waals surface area contributed by atoms with Crippen molar-refractivity contribution in [2.24, 2.45) is 0 Å². The van der Waals surface area contributed by atoms with Crippen LogP contribution in [-0.2, 0) is 4.79 Å². The summed E-state index contributed by atoms with van der Waals surface area (Å²) in [5.74, 6) is 0.250. The van der Waals surface area contributed by atoms with Gasteiger partial charge in [-0.1, -0.05) is 12.1 Å². The van der Waals surface area contributed by atoms with E-state index in [-0.39, 0.29) is 5.78 Å². The third-order valence-corrected chi connectivity index (χ3v) is 3.24. The molecule has 0 unspecified atom stereocenters. The standard InChI is InChI=1S/C15H19NO2/c1-11(17)12-6-4-7-14(9-12)16-10-13-5-2-3-8-15(13)18/h4,6-7,9-11,16-17H,2-3,5,8H2,1H3/b13-10-/t11-/m0/s1. The van der Waals surface area contributed by atoms with Gasteiger partial charge in [-0.25, -0.2) is 0 Å². The number of aliphatic hydroxyl groups is 1. The summed E-state index contributed by atoms with van der Waals surface area (Å²) in [7, 11) is 0. The van der Waals surface area contributed by atoms with E-state index in [1.807, 2.05) is 30.5 Å².